The maximum absolute atomic E-state index is 12.3. The topological polar surface area (TPSA) is 75.6 Å². The number of nitrogens with one attached hydrogen (secondary N) is 1. The van der Waals surface area contributed by atoms with Gasteiger partial charge in [-0.1, -0.05) is 48.5 Å². The third kappa shape index (κ3) is 3.47. The minimum Gasteiger partial charge on any atom is -0.478 e. The fourth-order valence-electron chi connectivity index (χ4n) is 3.52. The van der Waals surface area contributed by atoms with E-state index in [1.807, 2.05) is 46.9 Å². The van der Waals surface area contributed by atoms with E-state index in [4.69, 9.17) is 9.84 Å². The molecule has 0 saturated carbocycles. The van der Waals surface area contributed by atoms with Gasteiger partial charge in [0.1, 0.15) is 6.61 Å². The SMILES string of the molecule is O=C(Nc1ccc(C(=O)O)c(I)c1)OCC1c2ccccc2-c2ccccc21. The lowest BCUT2D eigenvalue weighted by Crippen LogP contribution is -2.18. The molecule has 4 rings (SSSR count). The minimum absolute atomic E-state index is 0.00678. The lowest BCUT2D eigenvalue weighted by molar-refractivity contribution is 0.0695. The zero-order valence-electron chi connectivity index (χ0n) is 14.7. The van der Waals surface area contributed by atoms with Gasteiger partial charge in [0, 0.05) is 15.2 Å². The highest BCUT2D eigenvalue weighted by Gasteiger charge is 2.29. The average molecular weight is 485 g/mol. The van der Waals surface area contributed by atoms with E-state index in [1.165, 1.54) is 17.2 Å². The van der Waals surface area contributed by atoms with Gasteiger partial charge >= 0.3 is 12.1 Å². The Bertz CT molecular complexity index is 1030. The highest BCUT2D eigenvalue weighted by Crippen LogP contribution is 2.44. The maximum atomic E-state index is 12.3. The average Bonchev–Trinajstić information content (AvgIpc) is 3.00. The van der Waals surface area contributed by atoms with Gasteiger partial charge in [-0.15, -0.1) is 0 Å². The molecule has 0 fully saturated rings. The Morgan fingerprint density at radius 3 is 2.14 bits per heavy atom. The molecule has 1 amide bonds. The summed E-state index contributed by atoms with van der Waals surface area (Å²) in [5.41, 5.74) is 5.33. The van der Waals surface area contributed by atoms with E-state index in [9.17, 15) is 9.59 Å². The van der Waals surface area contributed by atoms with Crippen LogP contribution >= 0.6 is 22.6 Å². The van der Waals surface area contributed by atoms with Crippen LogP contribution in [0.5, 0.6) is 0 Å². The lowest BCUT2D eigenvalue weighted by Gasteiger charge is -2.14. The van der Waals surface area contributed by atoms with Crippen molar-refractivity contribution in [2.24, 2.45) is 0 Å². The number of halogens is 1. The molecule has 28 heavy (non-hydrogen) atoms. The molecule has 0 aliphatic heterocycles. The van der Waals surface area contributed by atoms with Crippen LogP contribution < -0.4 is 5.32 Å². The summed E-state index contributed by atoms with van der Waals surface area (Å²) in [6, 6.07) is 20.9. The van der Waals surface area contributed by atoms with Gasteiger partial charge in [-0.25, -0.2) is 9.59 Å². The number of hydrogen-bond acceptors (Lipinski definition) is 3. The maximum Gasteiger partial charge on any atom is 0.411 e. The largest absolute Gasteiger partial charge is 0.478 e. The standard InChI is InChI=1S/C22H16INO4/c23-20-11-13(9-10-18(20)21(25)26)24-22(27)28-12-19-16-7-3-1-5-14(16)15-6-2-4-8-17(15)19/h1-11,19H,12H2,(H,24,27)(H,25,26). The number of amides is 1. The molecular weight excluding hydrogens is 469 g/mol. The molecule has 140 valence electrons. The van der Waals surface area contributed by atoms with Crippen LogP contribution in [-0.4, -0.2) is 23.8 Å². The minimum atomic E-state index is -1.00. The number of aromatic carboxylic acids is 1. The first-order valence-corrected chi connectivity index (χ1v) is 9.77. The fraction of sp³-hybridized carbons (Fsp3) is 0.0909. The van der Waals surface area contributed by atoms with Gasteiger partial charge < -0.3 is 9.84 Å². The Balaban J connectivity index is 1.47. The molecule has 3 aromatic rings. The second kappa shape index (κ2) is 7.63. The van der Waals surface area contributed by atoms with Crippen LogP contribution in [-0.2, 0) is 4.74 Å². The van der Waals surface area contributed by atoms with Crippen molar-refractivity contribution in [1.82, 2.24) is 0 Å². The van der Waals surface area contributed by atoms with Gasteiger partial charge in [0.2, 0.25) is 0 Å². The van der Waals surface area contributed by atoms with Crippen molar-refractivity contribution >= 4 is 40.3 Å². The van der Waals surface area contributed by atoms with Crippen LogP contribution in [0.1, 0.15) is 27.4 Å². The zero-order valence-corrected chi connectivity index (χ0v) is 16.8. The Morgan fingerprint density at radius 1 is 0.964 bits per heavy atom. The smallest absolute Gasteiger partial charge is 0.411 e. The summed E-state index contributed by atoms with van der Waals surface area (Å²) in [7, 11) is 0. The third-order valence-corrected chi connectivity index (χ3v) is 5.68. The summed E-state index contributed by atoms with van der Waals surface area (Å²) in [6.45, 7) is 0.226. The number of fused-ring (bicyclic) bond motifs is 3. The quantitative estimate of drug-likeness (QED) is 0.489. The molecule has 0 saturated heterocycles. The van der Waals surface area contributed by atoms with Crippen molar-refractivity contribution in [3.05, 3.63) is 87.0 Å². The van der Waals surface area contributed by atoms with Gasteiger partial charge in [0.15, 0.2) is 0 Å². The van der Waals surface area contributed by atoms with E-state index in [1.54, 1.807) is 12.1 Å². The third-order valence-electron chi connectivity index (χ3n) is 4.79. The van der Waals surface area contributed by atoms with E-state index in [0.29, 0.717) is 9.26 Å². The highest BCUT2D eigenvalue weighted by atomic mass is 127. The molecule has 1 aliphatic carbocycles. The second-order valence-corrected chi connectivity index (χ2v) is 7.61. The molecule has 0 unspecified atom stereocenters. The van der Waals surface area contributed by atoms with E-state index < -0.39 is 12.1 Å². The number of rotatable bonds is 4. The number of carboxylic acid groups (broad SMARTS) is 1. The highest BCUT2D eigenvalue weighted by molar-refractivity contribution is 14.1. The van der Waals surface area contributed by atoms with Crippen LogP contribution in [0.4, 0.5) is 10.5 Å². The Morgan fingerprint density at radius 2 is 1.57 bits per heavy atom. The Kier molecular flexibility index (Phi) is 5.04. The van der Waals surface area contributed by atoms with Gasteiger partial charge in [-0.2, -0.15) is 0 Å². The molecule has 0 heterocycles. The molecule has 6 heteroatoms. The molecule has 0 aromatic heterocycles. The van der Waals surface area contributed by atoms with Crippen LogP contribution in [0.15, 0.2) is 66.7 Å². The van der Waals surface area contributed by atoms with E-state index in [2.05, 4.69) is 29.6 Å². The molecule has 0 atom stereocenters. The summed E-state index contributed by atoms with van der Waals surface area (Å²) in [5, 5.41) is 11.7. The van der Waals surface area contributed by atoms with Crippen LogP contribution in [0.3, 0.4) is 0 Å². The van der Waals surface area contributed by atoms with E-state index >= 15 is 0 Å². The van der Waals surface area contributed by atoms with Crippen molar-refractivity contribution in [1.29, 1.82) is 0 Å². The van der Waals surface area contributed by atoms with Crippen LogP contribution in [0.2, 0.25) is 0 Å². The van der Waals surface area contributed by atoms with Crippen molar-refractivity contribution < 1.29 is 19.4 Å². The zero-order chi connectivity index (χ0) is 19.7. The summed E-state index contributed by atoms with van der Waals surface area (Å²) < 4.78 is 6.04. The van der Waals surface area contributed by atoms with Gasteiger partial charge in [0.05, 0.1) is 5.56 Å². The number of carboxylic acids is 1. The Labute approximate surface area is 175 Å². The summed E-state index contributed by atoms with van der Waals surface area (Å²) in [6.07, 6.45) is -0.569. The second-order valence-electron chi connectivity index (χ2n) is 6.45. The molecular formula is C22H16INO4. The fourth-order valence-corrected chi connectivity index (χ4v) is 4.26. The number of carbonyl (C=O) groups is 2. The van der Waals surface area contributed by atoms with Gasteiger partial charge in [0.25, 0.3) is 0 Å². The Hall–Kier alpha value is -2.87. The van der Waals surface area contributed by atoms with E-state index in [-0.39, 0.29) is 18.1 Å². The number of anilines is 1. The van der Waals surface area contributed by atoms with Crippen molar-refractivity contribution in [2.45, 2.75) is 5.92 Å². The predicted molar refractivity (Wildman–Crippen MR) is 115 cm³/mol. The lowest BCUT2D eigenvalue weighted by atomic mass is 9.98. The van der Waals surface area contributed by atoms with Crippen LogP contribution in [0.25, 0.3) is 11.1 Å². The van der Waals surface area contributed by atoms with Crippen LogP contribution in [0, 0.1) is 3.57 Å². The van der Waals surface area contributed by atoms with E-state index in [0.717, 1.165) is 11.1 Å². The molecule has 0 bridgehead atoms. The number of carbonyl (C=O) groups excluding carboxylic acids is 1. The molecule has 1 aliphatic rings. The first-order chi connectivity index (χ1) is 13.5. The number of ether oxygens (including phenoxy) is 1. The summed E-state index contributed by atoms with van der Waals surface area (Å²) >= 11 is 1.93. The summed E-state index contributed by atoms with van der Waals surface area (Å²) in [4.78, 5) is 23.4. The molecule has 0 radical (unpaired) electrons. The first-order valence-electron chi connectivity index (χ1n) is 8.69. The van der Waals surface area contributed by atoms with Crippen molar-refractivity contribution in [3.8, 4) is 11.1 Å². The predicted octanol–water partition coefficient (Wildman–Crippen LogP) is 5.35. The molecule has 2 N–H and O–H groups in total. The first kappa shape index (κ1) is 18.5. The van der Waals surface area contributed by atoms with Crippen molar-refractivity contribution in [2.75, 3.05) is 11.9 Å². The molecule has 0 spiro atoms. The van der Waals surface area contributed by atoms with Crippen molar-refractivity contribution in [3.63, 3.8) is 0 Å². The normalized spacial score (nSPS) is 12.2. The molecule has 3 aromatic carbocycles. The summed E-state index contributed by atoms with van der Waals surface area (Å²) in [5.74, 6) is -1.01. The van der Waals surface area contributed by atoms with Gasteiger partial charge in [-0.3, -0.25) is 5.32 Å². The van der Waals surface area contributed by atoms with Gasteiger partial charge in [-0.05, 0) is 63.0 Å². The monoisotopic (exact) mass is 485 g/mol. The molecule has 5 nitrogen and oxygen atoms in total. The number of hydrogen-bond donors (Lipinski definition) is 2. The number of benzene rings is 3.